The number of nitrogens with zero attached hydrogens (tertiary/aromatic N) is 4. The molecule has 0 spiro atoms. The number of aryl methyl sites for hydroxylation is 1. The molecule has 5 nitrogen and oxygen atoms in total. The van der Waals surface area contributed by atoms with Gasteiger partial charge >= 0.3 is 0 Å². The first-order chi connectivity index (χ1) is 10.6. The molecule has 0 saturated heterocycles. The second kappa shape index (κ2) is 7.59. The topological polar surface area (TPSA) is 45.5 Å². The number of hydrogen-bond acceptors (Lipinski definition) is 2. The summed E-state index contributed by atoms with van der Waals surface area (Å²) in [5.41, 5.74) is 2.19. The number of halogens is 1. The van der Waals surface area contributed by atoms with Gasteiger partial charge in [0.25, 0.3) is 0 Å². The van der Waals surface area contributed by atoms with Crippen LogP contribution in [0.3, 0.4) is 0 Å². The van der Waals surface area contributed by atoms with Gasteiger partial charge in [-0.25, -0.2) is 4.39 Å². The van der Waals surface area contributed by atoms with Crippen LogP contribution < -0.4 is 5.32 Å². The third kappa shape index (κ3) is 4.58. The molecule has 0 aliphatic rings. The standard InChI is InChI=1S/C16H22FN5/c1-13-10-20-22(11-13)9-8-19-16(18-2)21(3)12-14-4-6-15(17)7-5-14/h4-7,10-11H,8-9,12H2,1-3H3,(H,18,19). The van der Waals surface area contributed by atoms with Crippen LogP contribution in [-0.4, -0.2) is 41.3 Å². The van der Waals surface area contributed by atoms with E-state index >= 15 is 0 Å². The summed E-state index contributed by atoms with van der Waals surface area (Å²) in [5.74, 6) is 0.580. The molecule has 0 aliphatic heterocycles. The maximum Gasteiger partial charge on any atom is 0.193 e. The van der Waals surface area contributed by atoms with E-state index in [9.17, 15) is 4.39 Å². The maximum atomic E-state index is 12.9. The Hall–Kier alpha value is -2.37. The molecule has 0 fully saturated rings. The van der Waals surface area contributed by atoms with Crippen molar-refractivity contribution in [2.24, 2.45) is 4.99 Å². The van der Waals surface area contributed by atoms with Gasteiger partial charge < -0.3 is 10.2 Å². The van der Waals surface area contributed by atoms with E-state index in [0.29, 0.717) is 6.54 Å². The lowest BCUT2D eigenvalue weighted by atomic mass is 10.2. The summed E-state index contributed by atoms with van der Waals surface area (Å²) in [5, 5.41) is 7.55. The van der Waals surface area contributed by atoms with Crippen molar-refractivity contribution in [2.75, 3.05) is 20.6 Å². The smallest absolute Gasteiger partial charge is 0.193 e. The first-order valence-corrected chi connectivity index (χ1v) is 7.24. The van der Waals surface area contributed by atoms with E-state index in [1.807, 2.05) is 35.9 Å². The van der Waals surface area contributed by atoms with Gasteiger partial charge in [-0.1, -0.05) is 12.1 Å². The number of hydrogen-bond donors (Lipinski definition) is 1. The highest BCUT2D eigenvalue weighted by molar-refractivity contribution is 5.79. The van der Waals surface area contributed by atoms with Crippen molar-refractivity contribution < 1.29 is 4.39 Å². The molecular weight excluding hydrogens is 281 g/mol. The minimum absolute atomic E-state index is 0.219. The highest BCUT2D eigenvalue weighted by Crippen LogP contribution is 2.05. The largest absolute Gasteiger partial charge is 0.354 e. The van der Waals surface area contributed by atoms with Crippen molar-refractivity contribution in [3.63, 3.8) is 0 Å². The number of rotatable bonds is 5. The number of benzene rings is 1. The van der Waals surface area contributed by atoms with E-state index in [0.717, 1.165) is 30.2 Å². The van der Waals surface area contributed by atoms with Crippen molar-refractivity contribution in [2.45, 2.75) is 20.0 Å². The highest BCUT2D eigenvalue weighted by Gasteiger charge is 2.06. The van der Waals surface area contributed by atoms with Crippen molar-refractivity contribution >= 4 is 5.96 Å². The Morgan fingerprint density at radius 2 is 2.09 bits per heavy atom. The van der Waals surface area contributed by atoms with E-state index in [2.05, 4.69) is 15.4 Å². The van der Waals surface area contributed by atoms with Gasteiger partial charge in [0.05, 0.1) is 12.7 Å². The van der Waals surface area contributed by atoms with Crippen LogP contribution in [0.5, 0.6) is 0 Å². The van der Waals surface area contributed by atoms with Crippen LogP contribution in [0.15, 0.2) is 41.7 Å². The molecule has 2 rings (SSSR count). The molecule has 0 atom stereocenters. The third-order valence-corrected chi connectivity index (χ3v) is 3.29. The number of nitrogens with one attached hydrogen (secondary N) is 1. The summed E-state index contributed by atoms with van der Waals surface area (Å²) < 4.78 is 14.8. The molecule has 0 saturated carbocycles. The first-order valence-electron chi connectivity index (χ1n) is 7.24. The van der Waals surface area contributed by atoms with Crippen molar-refractivity contribution in [3.8, 4) is 0 Å². The zero-order valence-corrected chi connectivity index (χ0v) is 13.3. The Morgan fingerprint density at radius 3 is 2.68 bits per heavy atom. The third-order valence-electron chi connectivity index (χ3n) is 3.29. The SMILES string of the molecule is CN=C(NCCn1cc(C)cn1)N(C)Cc1ccc(F)cc1. The van der Waals surface area contributed by atoms with E-state index < -0.39 is 0 Å². The summed E-state index contributed by atoms with van der Waals surface area (Å²) in [7, 11) is 3.71. The van der Waals surface area contributed by atoms with Crippen molar-refractivity contribution in [3.05, 3.63) is 53.6 Å². The fourth-order valence-electron chi connectivity index (χ4n) is 2.19. The zero-order valence-electron chi connectivity index (χ0n) is 13.3. The van der Waals surface area contributed by atoms with Crippen LogP contribution in [0, 0.1) is 12.7 Å². The second-order valence-corrected chi connectivity index (χ2v) is 5.24. The Labute approximate surface area is 130 Å². The monoisotopic (exact) mass is 303 g/mol. The zero-order chi connectivity index (χ0) is 15.9. The first kappa shape index (κ1) is 16.0. The summed E-state index contributed by atoms with van der Waals surface area (Å²) in [4.78, 5) is 6.27. The van der Waals surface area contributed by atoms with E-state index in [4.69, 9.17) is 0 Å². The van der Waals surface area contributed by atoms with Crippen LogP contribution >= 0.6 is 0 Å². The molecule has 1 N–H and O–H groups in total. The summed E-state index contributed by atoms with van der Waals surface area (Å²) >= 11 is 0. The van der Waals surface area contributed by atoms with Crippen LogP contribution in [0.4, 0.5) is 4.39 Å². The second-order valence-electron chi connectivity index (χ2n) is 5.24. The minimum atomic E-state index is -0.219. The van der Waals surface area contributed by atoms with Crippen LogP contribution in [0.25, 0.3) is 0 Å². The highest BCUT2D eigenvalue weighted by atomic mass is 19.1. The lowest BCUT2D eigenvalue weighted by Crippen LogP contribution is -2.39. The van der Waals surface area contributed by atoms with Crippen molar-refractivity contribution in [1.29, 1.82) is 0 Å². The molecule has 0 bridgehead atoms. The fourth-order valence-corrected chi connectivity index (χ4v) is 2.19. The minimum Gasteiger partial charge on any atom is -0.354 e. The molecule has 0 radical (unpaired) electrons. The van der Waals surface area contributed by atoms with Gasteiger partial charge in [0.2, 0.25) is 0 Å². The Morgan fingerprint density at radius 1 is 1.36 bits per heavy atom. The van der Waals surface area contributed by atoms with Gasteiger partial charge in [0.15, 0.2) is 5.96 Å². The Kier molecular flexibility index (Phi) is 5.52. The summed E-state index contributed by atoms with van der Waals surface area (Å²) in [6.07, 6.45) is 3.85. The van der Waals surface area contributed by atoms with Gasteiger partial charge in [0.1, 0.15) is 5.82 Å². The number of guanidine groups is 1. The molecule has 22 heavy (non-hydrogen) atoms. The predicted octanol–water partition coefficient (Wildman–Crippen LogP) is 2.04. The Balaban J connectivity index is 1.83. The average Bonchev–Trinajstić information content (AvgIpc) is 2.91. The van der Waals surface area contributed by atoms with E-state index in [1.54, 1.807) is 19.2 Å². The molecule has 118 valence electrons. The van der Waals surface area contributed by atoms with Crippen LogP contribution in [0.2, 0.25) is 0 Å². The predicted molar refractivity (Wildman–Crippen MR) is 86.2 cm³/mol. The quantitative estimate of drug-likeness (QED) is 0.679. The van der Waals surface area contributed by atoms with Gasteiger partial charge in [-0.3, -0.25) is 9.67 Å². The summed E-state index contributed by atoms with van der Waals surface area (Å²) in [6, 6.07) is 6.51. The van der Waals surface area contributed by atoms with Gasteiger partial charge in [0, 0.05) is 33.4 Å². The Bertz CT molecular complexity index is 618. The van der Waals surface area contributed by atoms with E-state index in [-0.39, 0.29) is 5.82 Å². The number of aromatic nitrogens is 2. The van der Waals surface area contributed by atoms with Gasteiger partial charge in [-0.05, 0) is 30.2 Å². The van der Waals surface area contributed by atoms with Crippen LogP contribution in [0.1, 0.15) is 11.1 Å². The molecule has 0 unspecified atom stereocenters. The lowest BCUT2D eigenvalue weighted by Gasteiger charge is -2.22. The van der Waals surface area contributed by atoms with Crippen LogP contribution in [-0.2, 0) is 13.1 Å². The van der Waals surface area contributed by atoms with Crippen molar-refractivity contribution in [1.82, 2.24) is 20.0 Å². The summed E-state index contributed by atoms with van der Waals surface area (Å²) in [6.45, 7) is 4.20. The van der Waals surface area contributed by atoms with E-state index in [1.165, 1.54) is 12.1 Å². The maximum absolute atomic E-state index is 12.9. The lowest BCUT2D eigenvalue weighted by molar-refractivity contribution is 0.470. The molecule has 1 aromatic carbocycles. The molecule has 6 heteroatoms. The normalized spacial score (nSPS) is 11.5. The molecule has 1 aromatic heterocycles. The van der Waals surface area contributed by atoms with Gasteiger partial charge in [-0.15, -0.1) is 0 Å². The molecule has 0 amide bonds. The molecular formula is C16H22FN5. The molecule has 0 aliphatic carbocycles. The fraction of sp³-hybridized carbons (Fsp3) is 0.375. The van der Waals surface area contributed by atoms with Gasteiger partial charge in [-0.2, -0.15) is 5.10 Å². The molecule has 1 heterocycles. The average molecular weight is 303 g/mol. The number of aliphatic imine (C=N–C) groups is 1. The molecule has 2 aromatic rings.